The second kappa shape index (κ2) is 10.9. The highest BCUT2D eigenvalue weighted by Crippen LogP contribution is 2.35. The highest BCUT2D eigenvalue weighted by atomic mass is 32.1. The number of thiophene rings is 1. The van der Waals surface area contributed by atoms with Crippen LogP contribution in [0.4, 0.5) is 8.78 Å². The van der Waals surface area contributed by atoms with Crippen molar-refractivity contribution in [2.45, 2.75) is 56.6 Å². The van der Waals surface area contributed by atoms with Gasteiger partial charge in [0.2, 0.25) is 12.3 Å². The smallest absolute Gasteiger partial charge is 0.262 e. The standard InChI is InChI=1S/C31H29F2N3O4S/c32-29(33)23(19-4-2-1-3-5-19)15-26(38)35-12-10-31(40,11-13-35)17-36-18-34-27-24(30(36)39)16-41-28(27)21-6-8-22-20(14-21)7-9-25(22)37/h1-6,8,14,16,18,23,29,40H,7,9-13,15,17H2. The first kappa shape index (κ1) is 27.4. The largest absolute Gasteiger partial charge is 0.388 e. The van der Waals surface area contributed by atoms with Crippen molar-refractivity contribution in [2.75, 3.05) is 13.1 Å². The molecule has 0 bridgehead atoms. The lowest BCUT2D eigenvalue weighted by atomic mass is 9.90. The number of carbonyl (C=O) groups is 2. The fourth-order valence-corrected chi connectivity index (χ4v) is 6.88. The zero-order valence-electron chi connectivity index (χ0n) is 22.3. The first-order chi connectivity index (χ1) is 19.7. The van der Waals surface area contributed by atoms with E-state index >= 15 is 0 Å². The molecular weight excluding hydrogens is 548 g/mol. The van der Waals surface area contributed by atoms with Crippen LogP contribution in [0, 0.1) is 0 Å². The van der Waals surface area contributed by atoms with Crippen LogP contribution in [0.2, 0.25) is 0 Å². The van der Waals surface area contributed by atoms with Crippen LogP contribution in [0.15, 0.2) is 65.0 Å². The molecule has 10 heteroatoms. The average Bonchev–Trinajstić information content (AvgIpc) is 3.57. The molecule has 4 aromatic rings. The number of halogens is 2. The van der Waals surface area contributed by atoms with Gasteiger partial charge in [0, 0.05) is 36.9 Å². The molecule has 2 aliphatic rings. The van der Waals surface area contributed by atoms with E-state index in [1.54, 1.807) is 35.7 Å². The molecular formula is C31H29F2N3O4S. The van der Waals surface area contributed by atoms with Gasteiger partial charge in [-0.2, -0.15) is 0 Å². The third-order valence-electron chi connectivity index (χ3n) is 8.31. The number of hydrogen-bond acceptors (Lipinski definition) is 6. The van der Waals surface area contributed by atoms with E-state index in [0.717, 1.165) is 21.6 Å². The van der Waals surface area contributed by atoms with E-state index in [1.165, 1.54) is 27.1 Å². The number of piperidine rings is 1. The van der Waals surface area contributed by atoms with Gasteiger partial charge in [-0.05, 0) is 42.0 Å². The molecule has 2 aromatic carbocycles. The second-order valence-electron chi connectivity index (χ2n) is 11.0. The van der Waals surface area contributed by atoms with Gasteiger partial charge < -0.3 is 10.0 Å². The third kappa shape index (κ3) is 5.34. The predicted molar refractivity (Wildman–Crippen MR) is 153 cm³/mol. The number of Topliss-reactive ketones (excluding diaryl/α,β-unsaturated/α-hetero) is 1. The Balaban J connectivity index is 1.14. The number of likely N-dealkylation sites (tertiary alicyclic amines) is 1. The van der Waals surface area contributed by atoms with Gasteiger partial charge in [-0.25, -0.2) is 13.8 Å². The molecule has 212 valence electrons. The first-order valence-electron chi connectivity index (χ1n) is 13.7. The van der Waals surface area contributed by atoms with Crippen LogP contribution in [0.5, 0.6) is 0 Å². The molecule has 1 saturated heterocycles. The molecule has 1 atom stereocenters. The Bertz CT molecular complexity index is 1680. The van der Waals surface area contributed by atoms with Crippen LogP contribution in [-0.4, -0.2) is 56.4 Å². The molecule has 1 aliphatic carbocycles. The maximum atomic E-state index is 13.7. The number of aryl methyl sites for hydroxylation is 1. The Labute approximate surface area is 239 Å². The van der Waals surface area contributed by atoms with Crippen LogP contribution >= 0.6 is 11.3 Å². The van der Waals surface area contributed by atoms with Crippen molar-refractivity contribution in [3.8, 4) is 10.4 Å². The van der Waals surface area contributed by atoms with Crippen molar-refractivity contribution < 1.29 is 23.5 Å². The summed E-state index contributed by atoms with van der Waals surface area (Å²) in [5, 5.41) is 13.5. The number of hydrogen-bond donors (Lipinski definition) is 1. The number of carbonyl (C=O) groups excluding carboxylic acids is 2. The number of nitrogens with zero attached hydrogens (tertiary/aromatic N) is 3. The minimum atomic E-state index is -2.66. The molecule has 0 spiro atoms. The highest BCUT2D eigenvalue weighted by Gasteiger charge is 2.36. The monoisotopic (exact) mass is 577 g/mol. The lowest BCUT2D eigenvalue weighted by molar-refractivity contribution is -0.137. The van der Waals surface area contributed by atoms with Gasteiger partial charge in [-0.15, -0.1) is 11.3 Å². The molecule has 1 N–H and O–H groups in total. The number of ketones is 1. The van der Waals surface area contributed by atoms with Crippen molar-refractivity contribution in [3.05, 3.63) is 87.3 Å². The molecule has 3 heterocycles. The average molecular weight is 578 g/mol. The highest BCUT2D eigenvalue weighted by molar-refractivity contribution is 7.15. The summed E-state index contributed by atoms with van der Waals surface area (Å²) in [4.78, 5) is 45.2. The lowest BCUT2D eigenvalue weighted by Gasteiger charge is -2.38. The van der Waals surface area contributed by atoms with Gasteiger partial charge in [0.1, 0.15) is 0 Å². The van der Waals surface area contributed by atoms with Crippen LogP contribution in [0.3, 0.4) is 0 Å². The maximum Gasteiger partial charge on any atom is 0.262 e. The number of rotatable bonds is 7. The molecule has 6 rings (SSSR count). The van der Waals surface area contributed by atoms with Crippen molar-refractivity contribution in [3.63, 3.8) is 0 Å². The molecule has 1 amide bonds. The number of alkyl halides is 2. The normalized spacial score (nSPS) is 17.3. The summed E-state index contributed by atoms with van der Waals surface area (Å²) in [6.45, 7) is 0.453. The van der Waals surface area contributed by atoms with Gasteiger partial charge in [-0.3, -0.25) is 19.0 Å². The summed E-state index contributed by atoms with van der Waals surface area (Å²) in [5.41, 5.74) is 2.20. The molecule has 1 aliphatic heterocycles. The fraction of sp³-hybridized carbons (Fsp3) is 0.355. The molecule has 1 unspecified atom stereocenters. The number of amides is 1. The summed E-state index contributed by atoms with van der Waals surface area (Å²) < 4.78 is 28.9. The lowest BCUT2D eigenvalue weighted by Crippen LogP contribution is -2.50. The van der Waals surface area contributed by atoms with Crippen molar-refractivity contribution in [1.82, 2.24) is 14.5 Å². The number of aromatic nitrogens is 2. The summed E-state index contributed by atoms with van der Waals surface area (Å²) in [5.74, 6) is -1.40. The predicted octanol–water partition coefficient (Wildman–Crippen LogP) is 5.05. The minimum absolute atomic E-state index is 0.0205. The summed E-state index contributed by atoms with van der Waals surface area (Å²) in [7, 11) is 0. The van der Waals surface area contributed by atoms with E-state index in [1.807, 2.05) is 18.2 Å². The van der Waals surface area contributed by atoms with E-state index in [2.05, 4.69) is 4.98 Å². The minimum Gasteiger partial charge on any atom is -0.388 e. The Morgan fingerprint density at radius 1 is 1.07 bits per heavy atom. The maximum absolute atomic E-state index is 13.7. The fourth-order valence-electron chi connectivity index (χ4n) is 5.90. The molecule has 41 heavy (non-hydrogen) atoms. The van der Waals surface area contributed by atoms with Crippen molar-refractivity contribution in [2.24, 2.45) is 0 Å². The van der Waals surface area contributed by atoms with Crippen molar-refractivity contribution >= 4 is 33.9 Å². The van der Waals surface area contributed by atoms with Gasteiger partial charge >= 0.3 is 0 Å². The van der Waals surface area contributed by atoms with Gasteiger partial charge in [0.25, 0.3) is 5.56 Å². The number of benzene rings is 2. The zero-order valence-corrected chi connectivity index (χ0v) is 23.1. The van der Waals surface area contributed by atoms with Gasteiger partial charge in [0.15, 0.2) is 5.78 Å². The van der Waals surface area contributed by atoms with E-state index in [-0.39, 0.29) is 56.1 Å². The summed E-state index contributed by atoms with van der Waals surface area (Å²) in [6.07, 6.45) is 0.148. The quantitative estimate of drug-likeness (QED) is 0.332. The summed E-state index contributed by atoms with van der Waals surface area (Å²) in [6, 6.07) is 14.0. The van der Waals surface area contributed by atoms with Crippen LogP contribution in [0.25, 0.3) is 21.3 Å². The topological polar surface area (TPSA) is 92.5 Å². The Kier molecular flexibility index (Phi) is 7.29. The van der Waals surface area contributed by atoms with Gasteiger partial charge in [-0.1, -0.05) is 42.5 Å². The van der Waals surface area contributed by atoms with E-state index in [0.29, 0.717) is 29.3 Å². The van der Waals surface area contributed by atoms with Crippen LogP contribution in [0.1, 0.15) is 53.1 Å². The van der Waals surface area contributed by atoms with Crippen LogP contribution in [-0.2, 0) is 17.8 Å². The van der Waals surface area contributed by atoms with Gasteiger partial charge in [0.05, 0.1) is 40.2 Å². The Hall–Kier alpha value is -3.76. The SMILES string of the molecule is O=C1CCc2cc(-c3scc4c(=O)n(CC5(O)CCN(C(=O)CC(c6ccccc6)C(F)F)CC5)cnc34)ccc21. The zero-order chi connectivity index (χ0) is 28.7. The Morgan fingerprint density at radius 3 is 2.56 bits per heavy atom. The van der Waals surface area contributed by atoms with E-state index in [4.69, 9.17) is 0 Å². The molecule has 2 aromatic heterocycles. The molecule has 0 saturated carbocycles. The first-order valence-corrected chi connectivity index (χ1v) is 14.6. The molecule has 0 radical (unpaired) electrons. The number of fused-ring (bicyclic) bond motifs is 2. The second-order valence-corrected chi connectivity index (χ2v) is 11.8. The molecule has 1 fully saturated rings. The van der Waals surface area contributed by atoms with E-state index < -0.39 is 17.9 Å². The third-order valence-corrected chi connectivity index (χ3v) is 9.33. The van der Waals surface area contributed by atoms with E-state index in [9.17, 15) is 28.3 Å². The number of aliphatic hydroxyl groups is 1. The summed E-state index contributed by atoms with van der Waals surface area (Å²) >= 11 is 1.42. The Morgan fingerprint density at radius 2 is 1.83 bits per heavy atom. The van der Waals surface area contributed by atoms with Crippen molar-refractivity contribution in [1.29, 1.82) is 0 Å². The molecule has 7 nitrogen and oxygen atoms in total. The van der Waals surface area contributed by atoms with Crippen LogP contribution < -0.4 is 5.56 Å².